The number of carbonyl (C=O) groups is 1. The second-order valence-electron chi connectivity index (χ2n) is 6.54. The van der Waals surface area contributed by atoms with Crippen molar-refractivity contribution in [1.82, 2.24) is 10.2 Å². The van der Waals surface area contributed by atoms with Gasteiger partial charge in [0.05, 0.1) is 6.10 Å². The van der Waals surface area contributed by atoms with Crippen LogP contribution in [0, 0.1) is 6.92 Å². The number of rotatable bonds is 5. The highest BCUT2D eigenvalue weighted by Crippen LogP contribution is 2.20. The zero-order chi connectivity index (χ0) is 16.9. The number of likely N-dealkylation sites (tertiary alicyclic amines) is 1. The minimum Gasteiger partial charge on any atom is -0.392 e. The van der Waals surface area contributed by atoms with E-state index in [1.807, 2.05) is 49.4 Å². The average Bonchev–Trinajstić information content (AvgIpc) is 2.93. The fourth-order valence-electron chi connectivity index (χ4n) is 3.28. The highest BCUT2D eigenvalue weighted by molar-refractivity contribution is 5.94. The summed E-state index contributed by atoms with van der Waals surface area (Å²) in [4.78, 5) is 14.6. The van der Waals surface area contributed by atoms with Crippen molar-refractivity contribution in [2.75, 3.05) is 13.1 Å². The Labute approximate surface area is 143 Å². The largest absolute Gasteiger partial charge is 0.392 e. The second kappa shape index (κ2) is 7.60. The molecule has 1 fully saturated rings. The van der Waals surface area contributed by atoms with E-state index in [1.54, 1.807) is 0 Å². The minimum absolute atomic E-state index is 0.0558. The van der Waals surface area contributed by atoms with Crippen LogP contribution in [-0.2, 0) is 6.54 Å². The molecule has 2 aromatic rings. The number of carbonyl (C=O) groups excluding carboxylic acids is 1. The maximum atomic E-state index is 12.3. The molecule has 126 valence electrons. The molecule has 3 rings (SSSR count). The summed E-state index contributed by atoms with van der Waals surface area (Å²) in [7, 11) is 0. The van der Waals surface area contributed by atoms with E-state index >= 15 is 0 Å². The fourth-order valence-corrected chi connectivity index (χ4v) is 3.28. The summed E-state index contributed by atoms with van der Waals surface area (Å²) in [5, 5.41) is 13.0. The molecule has 0 aromatic heterocycles. The van der Waals surface area contributed by atoms with Gasteiger partial charge in [-0.05, 0) is 31.0 Å². The molecular formula is C20H24N2O2. The van der Waals surface area contributed by atoms with Crippen molar-refractivity contribution in [2.24, 2.45) is 0 Å². The van der Waals surface area contributed by atoms with E-state index in [4.69, 9.17) is 0 Å². The summed E-state index contributed by atoms with van der Waals surface area (Å²) >= 11 is 0. The van der Waals surface area contributed by atoms with Crippen molar-refractivity contribution < 1.29 is 9.90 Å². The molecule has 0 aliphatic carbocycles. The van der Waals surface area contributed by atoms with E-state index in [0.717, 1.165) is 12.1 Å². The first-order valence-corrected chi connectivity index (χ1v) is 8.43. The van der Waals surface area contributed by atoms with Gasteiger partial charge in [-0.1, -0.05) is 48.0 Å². The predicted molar refractivity (Wildman–Crippen MR) is 94.8 cm³/mol. The Kier molecular flexibility index (Phi) is 5.28. The SMILES string of the molecule is Cc1cccc(C(=O)NCC2CC(O)CN2Cc2ccccc2)c1. The highest BCUT2D eigenvalue weighted by Gasteiger charge is 2.30. The summed E-state index contributed by atoms with van der Waals surface area (Å²) in [6.07, 6.45) is 0.371. The standard InChI is InChI=1S/C20H24N2O2/c1-15-6-5-9-17(10-15)20(24)21-12-18-11-19(23)14-22(18)13-16-7-3-2-4-8-16/h2-10,18-19,23H,11-14H2,1H3,(H,21,24). The van der Waals surface area contributed by atoms with Crippen LogP contribution < -0.4 is 5.32 Å². The van der Waals surface area contributed by atoms with Crippen LogP contribution in [0.15, 0.2) is 54.6 Å². The molecule has 24 heavy (non-hydrogen) atoms. The number of hydrogen-bond donors (Lipinski definition) is 2. The lowest BCUT2D eigenvalue weighted by molar-refractivity contribution is 0.0939. The number of nitrogens with one attached hydrogen (secondary N) is 1. The zero-order valence-corrected chi connectivity index (χ0v) is 14.0. The fraction of sp³-hybridized carbons (Fsp3) is 0.350. The van der Waals surface area contributed by atoms with Crippen LogP contribution in [0.4, 0.5) is 0 Å². The van der Waals surface area contributed by atoms with Gasteiger partial charge in [-0.3, -0.25) is 9.69 Å². The predicted octanol–water partition coefficient (Wildman–Crippen LogP) is 2.36. The van der Waals surface area contributed by atoms with Gasteiger partial charge in [0.2, 0.25) is 0 Å². The van der Waals surface area contributed by atoms with Gasteiger partial charge < -0.3 is 10.4 Å². The molecule has 1 aliphatic rings. The monoisotopic (exact) mass is 324 g/mol. The third-order valence-electron chi connectivity index (χ3n) is 4.51. The molecule has 2 unspecified atom stereocenters. The number of benzene rings is 2. The van der Waals surface area contributed by atoms with E-state index < -0.39 is 0 Å². The normalized spacial score (nSPS) is 20.9. The van der Waals surface area contributed by atoms with Gasteiger partial charge in [-0.25, -0.2) is 0 Å². The molecule has 0 radical (unpaired) electrons. The Morgan fingerprint density at radius 2 is 2.00 bits per heavy atom. The van der Waals surface area contributed by atoms with Crippen LogP contribution in [0.5, 0.6) is 0 Å². The smallest absolute Gasteiger partial charge is 0.251 e. The Morgan fingerprint density at radius 1 is 1.21 bits per heavy atom. The molecule has 1 amide bonds. The van der Waals surface area contributed by atoms with Crippen LogP contribution in [0.3, 0.4) is 0 Å². The van der Waals surface area contributed by atoms with E-state index in [2.05, 4.69) is 22.3 Å². The lowest BCUT2D eigenvalue weighted by Gasteiger charge is -2.24. The Morgan fingerprint density at radius 3 is 2.75 bits per heavy atom. The number of β-amino-alcohol motifs (C(OH)–C–C–N with tert-alkyl or cyclic N) is 1. The first kappa shape index (κ1) is 16.7. The quantitative estimate of drug-likeness (QED) is 0.888. The molecule has 0 bridgehead atoms. The number of amides is 1. The first-order chi connectivity index (χ1) is 11.6. The molecule has 1 heterocycles. The highest BCUT2D eigenvalue weighted by atomic mass is 16.3. The topological polar surface area (TPSA) is 52.6 Å². The maximum absolute atomic E-state index is 12.3. The Bertz CT molecular complexity index is 687. The van der Waals surface area contributed by atoms with Crippen LogP contribution in [0.25, 0.3) is 0 Å². The summed E-state index contributed by atoms with van der Waals surface area (Å²) in [6.45, 7) is 3.98. The molecule has 0 saturated carbocycles. The molecule has 2 N–H and O–H groups in total. The van der Waals surface area contributed by atoms with Gasteiger partial charge in [-0.2, -0.15) is 0 Å². The van der Waals surface area contributed by atoms with Gasteiger partial charge in [-0.15, -0.1) is 0 Å². The van der Waals surface area contributed by atoms with E-state index in [0.29, 0.717) is 25.1 Å². The van der Waals surface area contributed by atoms with Crippen molar-refractivity contribution in [2.45, 2.75) is 32.0 Å². The molecule has 2 aromatic carbocycles. The van der Waals surface area contributed by atoms with Gasteiger partial charge in [0.15, 0.2) is 0 Å². The number of aryl methyl sites for hydroxylation is 1. The summed E-state index contributed by atoms with van der Waals surface area (Å²) < 4.78 is 0. The van der Waals surface area contributed by atoms with Crippen LogP contribution in [0.1, 0.15) is 27.9 Å². The van der Waals surface area contributed by atoms with Crippen molar-refractivity contribution in [3.05, 3.63) is 71.3 Å². The van der Waals surface area contributed by atoms with Gasteiger partial charge in [0.25, 0.3) is 5.91 Å². The second-order valence-corrected chi connectivity index (χ2v) is 6.54. The molecular weight excluding hydrogens is 300 g/mol. The van der Waals surface area contributed by atoms with Crippen LogP contribution in [-0.4, -0.2) is 41.1 Å². The van der Waals surface area contributed by atoms with E-state index in [1.165, 1.54) is 5.56 Å². The van der Waals surface area contributed by atoms with Crippen molar-refractivity contribution in [1.29, 1.82) is 0 Å². The first-order valence-electron chi connectivity index (χ1n) is 8.43. The number of aliphatic hydroxyl groups excluding tert-OH is 1. The molecule has 4 nitrogen and oxygen atoms in total. The molecule has 0 spiro atoms. The summed E-state index contributed by atoms with van der Waals surface area (Å²) in [5.74, 6) is -0.0558. The Balaban J connectivity index is 1.59. The third-order valence-corrected chi connectivity index (χ3v) is 4.51. The molecule has 2 atom stereocenters. The lowest BCUT2D eigenvalue weighted by Crippen LogP contribution is -2.39. The molecule has 4 heteroatoms. The molecule has 1 saturated heterocycles. The van der Waals surface area contributed by atoms with E-state index in [-0.39, 0.29) is 18.1 Å². The van der Waals surface area contributed by atoms with Crippen molar-refractivity contribution in [3.8, 4) is 0 Å². The van der Waals surface area contributed by atoms with Gasteiger partial charge in [0.1, 0.15) is 0 Å². The van der Waals surface area contributed by atoms with E-state index in [9.17, 15) is 9.90 Å². The number of nitrogens with zero attached hydrogens (tertiary/aromatic N) is 1. The van der Waals surface area contributed by atoms with Gasteiger partial charge in [0, 0.05) is 31.2 Å². The maximum Gasteiger partial charge on any atom is 0.251 e. The van der Waals surface area contributed by atoms with Crippen LogP contribution in [0.2, 0.25) is 0 Å². The number of hydrogen-bond acceptors (Lipinski definition) is 3. The minimum atomic E-state index is -0.324. The Hall–Kier alpha value is -2.17. The van der Waals surface area contributed by atoms with Crippen molar-refractivity contribution in [3.63, 3.8) is 0 Å². The lowest BCUT2D eigenvalue weighted by atomic mass is 10.1. The van der Waals surface area contributed by atoms with Gasteiger partial charge >= 0.3 is 0 Å². The number of aliphatic hydroxyl groups is 1. The molecule has 1 aliphatic heterocycles. The van der Waals surface area contributed by atoms with Crippen molar-refractivity contribution >= 4 is 5.91 Å². The zero-order valence-electron chi connectivity index (χ0n) is 14.0. The average molecular weight is 324 g/mol. The summed E-state index contributed by atoms with van der Waals surface area (Å²) in [5.41, 5.74) is 2.98. The summed E-state index contributed by atoms with van der Waals surface area (Å²) in [6, 6.07) is 18.0. The third kappa shape index (κ3) is 4.22. The van der Waals surface area contributed by atoms with Crippen LogP contribution >= 0.6 is 0 Å².